The summed E-state index contributed by atoms with van der Waals surface area (Å²) in [5.74, 6) is 0.328. The minimum Gasteiger partial charge on any atom is -0.300 e. The van der Waals surface area contributed by atoms with Crippen LogP contribution in [0.4, 0.5) is 0 Å². The molecule has 0 aromatic heterocycles. The van der Waals surface area contributed by atoms with E-state index >= 15 is 0 Å². The van der Waals surface area contributed by atoms with Crippen molar-refractivity contribution >= 4 is 5.78 Å². The fraction of sp³-hybridized carbons (Fsp3) is 0.800. The Kier molecular flexibility index (Phi) is 5.36. The van der Waals surface area contributed by atoms with Crippen LogP contribution in [0.15, 0.2) is 0 Å². The van der Waals surface area contributed by atoms with Crippen molar-refractivity contribution < 1.29 is 4.79 Å². The van der Waals surface area contributed by atoms with Gasteiger partial charge in [0.1, 0.15) is 5.78 Å². The van der Waals surface area contributed by atoms with E-state index in [1.54, 1.807) is 6.92 Å². The Morgan fingerprint density at radius 1 is 1.58 bits per heavy atom. The average Bonchev–Trinajstić information content (AvgIpc) is 2.03. The molecule has 0 unspecified atom stereocenters. The molecule has 0 aliphatic carbocycles. The number of rotatable bonds is 5. The lowest BCUT2D eigenvalue weighted by Gasteiger charge is -2.12. The predicted octanol–water partition coefficient (Wildman–Crippen LogP) is 2.54. The van der Waals surface area contributed by atoms with Crippen LogP contribution >= 0.6 is 0 Å². The Morgan fingerprint density at radius 3 is 2.50 bits per heavy atom. The van der Waals surface area contributed by atoms with Crippen LogP contribution in [-0.4, -0.2) is 5.78 Å². The van der Waals surface area contributed by atoms with E-state index in [1.807, 2.05) is 6.92 Å². The molecular formula is C10H17NO. The van der Waals surface area contributed by atoms with Crippen LogP contribution in [0.1, 0.15) is 40.0 Å². The van der Waals surface area contributed by atoms with Crippen molar-refractivity contribution in [2.75, 3.05) is 0 Å². The van der Waals surface area contributed by atoms with Gasteiger partial charge in [0.05, 0.1) is 6.07 Å². The summed E-state index contributed by atoms with van der Waals surface area (Å²) in [6.45, 7) is 5.54. The monoisotopic (exact) mass is 167 g/mol. The second-order valence-electron chi connectivity index (χ2n) is 3.36. The molecule has 0 amide bonds. The molecule has 0 heterocycles. The highest BCUT2D eigenvalue weighted by molar-refractivity contribution is 5.78. The fourth-order valence-electron chi connectivity index (χ4n) is 1.32. The van der Waals surface area contributed by atoms with Crippen molar-refractivity contribution in [3.63, 3.8) is 0 Å². The van der Waals surface area contributed by atoms with Crippen molar-refractivity contribution in [2.45, 2.75) is 40.0 Å². The van der Waals surface area contributed by atoms with Crippen molar-refractivity contribution in [1.29, 1.82) is 5.26 Å². The maximum absolute atomic E-state index is 11.1. The zero-order valence-electron chi connectivity index (χ0n) is 8.13. The minimum absolute atomic E-state index is 0.00505. The third-order valence-corrected chi connectivity index (χ3v) is 2.07. The fourth-order valence-corrected chi connectivity index (χ4v) is 1.32. The first-order valence-electron chi connectivity index (χ1n) is 4.51. The van der Waals surface area contributed by atoms with Crippen molar-refractivity contribution in [2.24, 2.45) is 11.8 Å². The number of hydrogen-bond donors (Lipinski definition) is 0. The van der Waals surface area contributed by atoms with Gasteiger partial charge in [0.25, 0.3) is 0 Å². The van der Waals surface area contributed by atoms with Crippen LogP contribution in [0.3, 0.4) is 0 Å². The maximum atomic E-state index is 11.1. The molecule has 0 fully saturated rings. The molecule has 0 rings (SSSR count). The van der Waals surface area contributed by atoms with Crippen LogP contribution in [0.25, 0.3) is 0 Å². The number of nitrogens with zero attached hydrogens (tertiary/aromatic N) is 1. The summed E-state index contributed by atoms with van der Waals surface area (Å²) in [7, 11) is 0. The smallest absolute Gasteiger partial charge is 0.132 e. The molecule has 2 nitrogen and oxygen atoms in total. The third-order valence-electron chi connectivity index (χ3n) is 2.07. The quantitative estimate of drug-likeness (QED) is 0.631. The molecule has 0 spiro atoms. The molecule has 0 N–H and O–H groups in total. The second kappa shape index (κ2) is 5.77. The van der Waals surface area contributed by atoms with Crippen LogP contribution in [0.5, 0.6) is 0 Å². The van der Waals surface area contributed by atoms with Gasteiger partial charge in [-0.3, -0.25) is 4.79 Å². The van der Waals surface area contributed by atoms with E-state index in [9.17, 15) is 4.79 Å². The van der Waals surface area contributed by atoms with E-state index in [0.29, 0.717) is 0 Å². The van der Waals surface area contributed by atoms with Crippen LogP contribution in [-0.2, 0) is 4.79 Å². The van der Waals surface area contributed by atoms with Crippen molar-refractivity contribution in [1.82, 2.24) is 0 Å². The van der Waals surface area contributed by atoms with Crippen LogP contribution in [0.2, 0.25) is 0 Å². The molecule has 0 aromatic carbocycles. The van der Waals surface area contributed by atoms with E-state index in [-0.39, 0.29) is 17.6 Å². The summed E-state index contributed by atoms with van der Waals surface area (Å²) in [5.41, 5.74) is 0. The van der Waals surface area contributed by atoms with Gasteiger partial charge in [0, 0.05) is 11.8 Å². The number of carbonyl (C=O) groups is 1. The lowest BCUT2D eigenvalue weighted by atomic mass is 9.90. The van der Waals surface area contributed by atoms with Gasteiger partial charge in [-0.2, -0.15) is 5.26 Å². The molecular weight excluding hydrogens is 150 g/mol. The van der Waals surface area contributed by atoms with E-state index in [2.05, 4.69) is 13.0 Å². The summed E-state index contributed by atoms with van der Waals surface area (Å²) in [4.78, 5) is 11.1. The Morgan fingerprint density at radius 2 is 2.17 bits per heavy atom. The van der Waals surface area contributed by atoms with Gasteiger partial charge in [-0.05, 0) is 26.7 Å². The highest BCUT2D eigenvalue weighted by atomic mass is 16.1. The molecule has 0 aliphatic heterocycles. The highest BCUT2D eigenvalue weighted by Gasteiger charge is 2.15. The molecule has 68 valence electrons. The lowest BCUT2D eigenvalue weighted by molar-refractivity contribution is -0.121. The van der Waals surface area contributed by atoms with Gasteiger partial charge < -0.3 is 0 Å². The standard InChI is InChI=1S/C10H17NO/c1-4-5-10(9(3)12)6-8(2)7-11/h8,10H,4-6H2,1-3H3/t8-,10-/m0/s1. The molecule has 2 heteroatoms. The van der Waals surface area contributed by atoms with Gasteiger partial charge >= 0.3 is 0 Å². The van der Waals surface area contributed by atoms with E-state index in [0.717, 1.165) is 19.3 Å². The van der Waals surface area contributed by atoms with Gasteiger partial charge in [-0.15, -0.1) is 0 Å². The number of nitriles is 1. The Bertz CT molecular complexity index is 181. The summed E-state index contributed by atoms with van der Waals surface area (Å²) >= 11 is 0. The van der Waals surface area contributed by atoms with E-state index in [4.69, 9.17) is 5.26 Å². The van der Waals surface area contributed by atoms with Crippen LogP contribution in [0, 0.1) is 23.2 Å². The molecule has 12 heavy (non-hydrogen) atoms. The molecule has 0 saturated heterocycles. The zero-order valence-corrected chi connectivity index (χ0v) is 8.13. The average molecular weight is 167 g/mol. The number of Topliss-reactive ketones (excluding diaryl/α,β-unsaturated/α-hetero) is 1. The van der Waals surface area contributed by atoms with Crippen molar-refractivity contribution in [3.8, 4) is 6.07 Å². The normalized spacial score (nSPS) is 14.8. The SMILES string of the molecule is CCC[C@@H](C[C@H](C)C#N)C(C)=O. The van der Waals surface area contributed by atoms with Crippen molar-refractivity contribution in [3.05, 3.63) is 0 Å². The second-order valence-corrected chi connectivity index (χ2v) is 3.36. The van der Waals surface area contributed by atoms with Gasteiger partial charge in [-0.1, -0.05) is 13.3 Å². The predicted molar refractivity (Wildman–Crippen MR) is 48.5 cm³/mol. The summed E-state index contributed by atoms with van der Waals surface area (Å²) < 4.78 is 0. The molecule has 0 aliphatic rings. The first-order chi connectivity index (χ1) is 5.61. The topological polar surface area (TPSA) is 40.9 Å². The zero-order chi connectivity index (χ0) is 9.56. The summed E-state index contributed by atoms with van der Waals surface area (Å²) in [6.07, 6.45) is 2.66. The van der Waals surface area contributed by atoms with Gasteiger partial charge in [0.2, 0.25) is 0 Å². The van der Waals surface area contributed by atoms with Gasteiger partial charge in [0.15, 0.2) is 0 Å². The van der Waals surface area contributed by atoms with Crippen LogP contribution < -0.4 is 0 Å². The molecule has 0 aromatic rings. The highest BCUT2D eigenvalue weighted by Crippen LogP contribution is 2.17. The molecule has 2 atom stereocenters. The van der Waals surface area contributed by atoms with E-state index in [1.165, 1.54) is 0 Å². The number of hydrogen-bond acceptors (Lipinski definition) is 2. The first-order valence-corrected chi connectivity index (χ1v) is 4.51. The molecule has 0 bridgehead atoms. The Hall–Kier alpha value is -0.840. The third kappa shape index (κ3) is 4.12. The molecule has 0 radical (unpaired) electrons. The van der Waals surface area contributed by atoms with Gasteiger partial charge in [-0.25, -0.2) is 0 Å². The minimum atomic E-state index is 0.00505. The first kappa shape index (κ1) is 11.2. The largest absolute Gasteiger partial charge is 0.300 e. The van der Waals surface area contributed by atoms with E-state index < -0.39 is 0 Å². The molecule has 0 saturated carbocycles. The summed E-state index contributed by atoms with van der Waals surface area (Å²) in [5, 5.41) is 8.57. The number of carbonyl (C=O) groups excluding carboxylic acids is 1. The number of ketones is 1. The Labute approximate surface area is 74.6 Å². The summed E-state index contributed by atoms with van der Waals surface area (Å²) in [6, 6.07) is 2.16. The lowest BCUT2D eigenvalue weighted by Crippen LogP contribution is -2.13. The Balaban J connectivity index is 3.97. The maximum Gasteiger partial charge on any atom is 0.132 e.